The second kappa shape index (κ2) is 7.34. The van der Waals surface area contributed by atoms with Gasteiger partial charge >= 0.3 is 0 Å². The zero-order valence-electron chi connectivity index (χ0n) is 15.8. The summed E-state index contributed by atoms with van der Waals surface area (Å²) in [6, 6.07) is 9.45. The number of likely N-dealkylation sites (tertiary alicyclic amines) is 2. The molecule has 2 aliphatic heterocycles. The normalized spacial score (nSPS) is 26.4. The van der Waals surface area contributed by atoms with Crippen LogP contribution in [0.1, 0.15) is 67.3 Å². The Morgan fingerprint density at radius 2 is 1.85 bits per heavy atom. The largest absolute Gasteiger partial charge is 0.339 e. The van der Waals surface area contributed by atoms with Crippen molar-refractivity contribution in [3.63, 3.8) is 0 Å². The van der Waals surface area contributed by atoms with Crippen LogP contribution in [0.5, 0.6) is 0 Å². The number of carbonyl (C=O) groups excluding carboxylic acids is 2. The first kappa shape index (κ1) is 18.0. The van der Waals surface area contributed by atoms with Crippen LogP contribution in [0.15, 0.2) is 24.3 Å². The van der Waals surface area contributed by atoms with E-state index < -0.39 is 5.41 Å². The van der Waals surface area contributed by atoms with E-state index in [0.29, 0.717) is 30.3 Å². The van der Waals surface area contributed by atoms with Crippen LogP contribution >= 0.6 is 0 Å². The fraction of sp³-hybridized carbons (Fsp3) is 0.591. The van der Waals surface area contributed by atoms with Crippen LogP contribution in [-0.4, -0.2) is 47.3 Å². The summed E-state index contributed by atoms with van der Waals surface area (Å²) in [6.07, 6.45) is 8.62. The zero-order valence-corrected chi connectivity index (χ0v) is 15.8. The summed E-state index contributed by atoms with van der Waals surface area (Å²) in [4.78, 5) is 30.3. The van der Waals surface area contributed by atoms with Crippen molar-refractivity contribution < 1.29 is 9.59 Å². The predicted molar refractivity (Wildman–Crippen MR) is 102 cm³/mol. The Morgan fingerprint density at radius 3 is 2.63 bits per heavy atom. The van der Waals surface area contributed by atoms with Gasteiger partial charge in [-0.15, -0.1) is 0 Å². The van der Waals surface area contributed by atoms with E-state index in [0.717, 1.165) is 38.6 Å². The van der Waals surface area contributed by atoms with Gasteiger partial charge in [0.2, 0.25) is 5.91 Å². The molecule has 142 valence electrons. The molecule has 0 aromatic heterocycles. The van der Waals surface area contributed by atoms with Crippen LogP contribution < -0.4 is 0 Å². The molecule has 2 saturated heterocycles. The highest BCUT2D eigenvalue weighted by Gasteiger charge is 2.50. The van der Waals surface area contributed by atoms with Crippen molar-refractivity contribution in [3.8, 4) is 6.07 Å². The van der Waals surface area contributed by atoms with Gasteiger partial charge in [-0.3, -0.25) is 9.59 Å². The van der Waals surface area contributed by atoms with Crippen molar-refractivity contribution in [3.05, 3.63) is 35.4 Å². The zero-order chi connectivity index (χ0) is 18.9. The molecule has 1 spiro atoms. The van der Waals surface area contributed by atoms with Crippen LogP contribution in [0, 0.1) is 16.7 Å². The van der Waals surface area contributed by atoms with E-state index in [4.69, 9.17) is 0 Å². The maximum absolute atomic E-state index is 13.4. The van der Waals surface area contributed by atoms with Crippen LogP contribution in [0.2, 0.25) is 0 Å². The summed E-state index contributed by atoms with van der Waals surface area (Å²) in [5, 5.41) is 9.29. The molecule has 2 heterocycles. The van der Waals surface area contributed by atoms with Gasteiger partial charge < -0.3 is 9.80 Å². The van der Waals surface area contributed by atoms with E-state index in [1.54, 1.807) is 29.2 Å². The molecule has 27 heavy (non-hydrogen) atoms. The second-order valence-corrected chi connectivity index (χ2v) is 8.31. The molecular formula is C22H27N3O2. The molecule has 0 bridgehead atoms. The minimum Gasteiger partial charge on any atom is -0.339 e. The molecule has 1 aromatic rings. The van der Waals surface area contributed by atoms with Gasteiger partial charge in [0.15, 0.2) is 0 Å². The van der Waals surface area contributed by atoms with Crippen molar-refractivity contribution in [1.82, 2.24) is 9.80 Å². The molecule has 5 heteroatoms. The minimum absolute atomic E-state index is 0.119. The van der Waals surface area contributed by atoms with Crippen LogP contribution in [0.25, 0.3) is 0 Å². The molecule has 1 aliphatic carbocycles. The molecule has 0 N–H and O–H groups in total. The monoisotopic (exact) mass is 365 g/mol. The first-order chi connectivity index (χ1) is 13.1. The number of piperidine rings is 1. The van der Waals surface area contributed by atoms with Crippen LogP contribution in [0.3, 0.4) is 0 Å². The SMILES string of the molecule is N#Cc1ccccc1C(=O)N1CCC2(CCCN(C3CCCCC3)C2=O)C1. The molecular weight excluding hydrogens is 338 g/mol. The molecule has 0 radical (unpaired) electrons. The maximum Gasteiger partial charge on any atom is 0.255 e. The first-order valence-electron chi connectivity index (χ1n) is 10.2. The Labute approximate surface area is 160 Å². The molecule has 2 amide bonds. The Morgan fingerprint density at radius 1 is 1.07 bits per heavy atom. The van der Waals surface area contributed by atoms with Gasteiger partial charge in [-0.1, -0.05) is 31.4 Å². The van der Waals surface area contributed by atoms with Gasteiger partial charge in [0.1, 0.15) is 0 Å². The van der Waals surface area contributed by atoms with Gasteiger partial charge in [-0.05, 0) is 44.2 Å². The van der Waals surface area contributed by atoms with E-state index in [1.807, 2.05) is 0 Å². The van der Waals surface area contributed by atoms with Crippen LogP contribution in [-0.2, 0) is 4.79 Å². The van der Waals surface area contributed by atoms with Gasteiger partial charge in [0.05, 0.1) is 22.6 Å². The number of nitriles is 1. The van der Waals surface area contributed by atoms with E-state index in [1.165, 1.54) is 19.3 Å². The number of benzene rings is 1. The maximum atomic E-state index is 13.4. The first-order valence-corrected chi connectivity index (χ1v) is 10.2. The lowest BCUT2D eigenvalue weighted by atomic mass is 9.77. The van der Waals surface area contributed by atoms with Gasteiger partial charge in [0.25, 0.3) is 5.91 Å². The van der Waals surface area contributed by atoms with Crippen molar-refractivity contribution in [2.75, 3.05) is 19.6 Å². The Bertz CT molecular complexity index is 778. The average Bonchev–Trinajstić information content (AvgIpc) is 3.15. The third-order valence-electron chi connectivity index (χ3n) is 6.70. The molecule has 1 atom stereocenters. The predicted octanol–water partition coefficient (Wildman–Crippen LogP) is 3.35. The summed E-state index contributed by atoms with van der Waals surface area (Å²) < 4.78 is 0. The third kappa shape index (κ3) is 3.22. The summed E-state index contributed by atoms with van der Waals surface area (Å²) in [5.41, 5.74) is 0.444. The quantitative estimate of drug-likeness (QED) is 0.807. The van der Waals surface area contributed by atoms with Gasteiger partial charge in [-0.2, -0.15) is 5.26 Å². The molecule has 4 rings (SSSR count). The van der Waals surface area contributed by atoms with Crippen LogP contribution in [0.4, 0.5) is 0 Å². The van der Waals surface area contributed by atoms with E-state index >= 15 is 0 Å². The van der Waals surface area contributed by atoms with Crippen molar-refractivity contribution in [1.29, 1.82) is 5.26 Å². The number of hydrogen-bond donors (Lipinski definition) is 0. The molecule has 1 aromatic carbocycles. The minimum atomic E-state index is -0.410. The molecule has 1 unspecified atom stereocenters. The third-order valence-corrected chi connectivity index (χ3v) is 6.70. The lowest BCUT2D eigenvalue weighted by Gasteiger charge is -2.44. The molecule has 3 aliphatic rings. The lowest BCUT2D eigenvalue weighted by Crippen LogP contribution is -2.54. The number of rotatable bonds is 2. The average molecular weight is 365 g/mol. The highest BCUT2D eigenvalue weighted by atomic mass is 16.2. The molecule has 5 nitrogen and oxygen atoms in total. The highest BCUT2D eigenvalue weighted by molar-refractivity contribution is 5.97. The lowest BCUT2D eigenvalue weighted by molar-refractivity contribution is -0.149. The summed E-state index contributed by atoms with van der Waals surface area (Å²) >= 11 is 0. The fourth-order valence-electron chi connectivity index (χ4n) is 5.20. The fourth-order valence-corrected chi connectivity index (χ4v) is 5.20. The number of nitrogens with zero attached hydrogens (tertiary/aromatic N) is 3. The summed E-state index contributed by atoms with van der Waals surface area (Å²) in [6.45, 7) is 1.97. The Hall–Kier alpha value is -2.35. The topological polar surface area (TPSA) is 64.4 Å². The van der Waals surface area contributed by atoms with Gasteiger partial charge in [-0.25, -0.2) is 0 Å². The smallest absolute Gasteiger partial charge is 0.255 e. The molecule has 3 fully saturated rings. The van der Waals surface area contributed by atoms with Gasteiger partial charge in [0, 0.05) is 25.7 Å². The second-order valence-electron chi connectivity index (χ2n) is 8.31. The Kier molecular flexibility index (Phi) is 4.90. The highest BCUT2D eigenvalue weighted by Crippen LogP contribution is 2.42. The van der Waals surface area contributed by atoms with E-state index in [9.17, 15) is 14.9 Å². The summed E-state index contributed by atoms with van der Waals surface area (Å²) in [5.74, 6) is 0.149. The summed E-state index contributed by atoms with van der Waals surface area (Å²) in [7, 11) is 0. The number of carbonyl (C=O) groups is 2. The van der Waals surface area contributed by atoms with E-state index in [2.05, 4.69) is 11.0 Å². The standard InChI is InChI=1S/C22H27N3O2/c23-15-17-7-4-5-10-19(17)20(26)24-14-12-22(16-24)11-6-13-25(21(22)27)18-8-2-1-3-9-18/h4-5,7,10,18H,1-3,6,8-9,11-14,16H2. The molecule has 1 saturated carbocycles. The van der Waals surface area contributed by atoms with Crippen molar-refractivity contribution >= 4 is 11.8 Å². The van der Waals surface area contributed by atoms with Crippen molar-refractivity contribution in [2.45, 2.75) is 57.4 Å². The van der Waals surface area contributed by atoms with Crippen molar-refractivity contribution in [2.24, 2.45) is 5.41 Å². The number of amides is 2. The number of hydrogen-bond acceptors (Lipinski definition) is 3. The Balaban J connectivity index is 1.51. The van der Waals surface area contributed by atoms with E-state index in [-0.39, 0.29) is 11.8 Å².